The Labute approximate surface area is 144 Å². The van der Waals surface area contributed by atoms with Crippen molar-refractivity contribution in [1.29, 1.82) is 0 Å². The SMILES string of the molecule is CCNC(=NCC(C)SC)Nc1cccc(OCCCOC)c1. The Kier molecular flexibility index (Phi) is 10.3. The van der Waals surface area contributed by atoms with Gasteiger partial charge in [-0.25, -0.2) is 0 Å². The van der Waals surface area contributed by atoms with E-state index in [0.717, 1.165) is 36.9 Å². The van der Waals surface area contributed by atoms with Crippen molar-refractivity contribution < 1.29 is 9.47 Å². The first-order chi connectivity index (χ1) is 11.2. The first-order valence-corrected chi connectivity index (χ1v) is 9.28. The summed E-state index contributed by atoms with van der Waals surface area (Å²) < 4.78 is 10.7. The van der Waals surface area contributed by atoms with E-state index in [4.69, 9.17) is 9.47 Å². The Balaban J connectivity index is 2.61. The van der Waals surface area contributed by atoms with Crippen LogP contribution in [0.25, 0.3) is 0 Å². The number of anilines is 1. The van der Waals surface area contributed by atoms with Crippen molar-refractivity contribution >= 4 is 23.4 Å². The number of ether oxygens (including phenoxy) is 2. The van der Waals surface area contributed by atoms with E-state index in [0.29, 0.717) is 18.5 Å². The van der Waals surface area contributed by atoms with Crippen LogP contribution in [0.5, 0.6) is 5.75 Å². The average molecular weight is 340 g/mol. The number of hydrogen-bond donors (Lipinski definition) is 2. The van der Waals surface area contributed by atoms with Gasteiger partial charge in [0.2, 0.25) is 0 Å². The molecule has 0 aliphatic rings. The van der Waals surface area contributed by atoms with Gasteiger partial charge in [-0.2, -0.15) is 11.8 Å². The van der Waals surface area contributed by atoms with Crippen LogP contribution in [0.2, 0.25) is 0 Å². The third-order valence-corrected chi connectivity index (χ3v) is 4.07. The van der Waals surface area contributed by atoms with Gasteiger partial charge in [0.15, 0.2) is 5.96 Å². The van der Waals surface area contributed by atoms with Gasteiger partial charge >= 0.3 is 0 Å². The number of aliphatic imine (C=N–C) groups is 1. The highest BCUT2D eigenvalue weighted by Crippen LogP contribution is 2.17. The zero-order valence-electron chi connectivity index (χ0n) is 14.6. The molecule has 0 aliphatic carbocycles. The lowest BCUT2D eigenvalue weighted by Crippen LogP contribution is -2.31. The number of rotatable bonds is 10. The van der Waals surface area contributed by atoms with Gasteiger partial charge in [0, 0.05) is 43.7 Å². The van der Waals surface area contributed by atoms with E-state index in [9.17, 15) is 0 Å². The van der Waals surface area contributed by atoms with Crippen LogP contribution in [-0.2, 0) is 4.74 Å². The highest BCUT2D eigenvalue weighted by atomic mass is 32.2. The number of nitrogens with zero attached hydrogens (tertiary/aromatic N) is 1. The number of methoxy groups -OCH3 is 1. The van der Waals surface area contributed by atoms with Gasteiger partial charge in [-0.15, -0.1) is 0 Å². The lowest BCUT2D eigenvalue weighted by molar-refractivity contribution is 0.172. The topological polar surface area (TPSA) is 54.9 Å². The molecule has 23 heavy (non-hydrogen) atoms. The minimum atomic E-state index is 0.501. The summed E-state index contributed by atoms with van der Waals surface area (Å²) >= 11 is 1.81. The van der Waals surface area contributed by atoms with Gasteiger partial charge in [0.05, 0.1) is 13.2 Å². The highest BCUT2D eigenvalue weighted by molar-refractivity contribution is 7.99. The largest absolute Gasteiger partial charge is 0.493 e. The Morgan fingerprint density at radius 3 is 2.87 bits per heavy atom. The van der Waals surface area contributed by atoms with Crippen LogP contribution in [0.15, 0.2) is 29.3 Å². The summed E-state index contributed by atoms with van der Waals surface area (Å²) in [7, 11) is 1.70. The molecule has 130 valence electrons. The van der Waals surface area contributed by atoms with Crippen molar-refractivity contribution in [2.24, 2.45) is 4.99 Å². The lowest BCUT2D eigenvalue weighted by Gasteiger charge is -2.13. The van der Waals surface area contributed by atoms with Crippen LogP contribution in [0.3, 0.4) is 0 Å². The molecular weight excluding hydrogens is 310 g/mol. The fraction of sp³-hybridized carbons (Fsp3) is 0.588. The number of hydrogen-bond acceptors (Lipinski definition) is 4. The molecular formula is C17H29N3O2S. The zero-order valence-corrected chi connectivity index (χ0v) is 15.4. The Morgan fingerprint density at radius 2 is 2.17 bits per heavy atom. The summed E-state index contributed by atoms with van der Waals surface area (Å²) in [6.45, 7) is 7.20. The van der Waals surface area contributed by atoms with E-state index in [2.05, 4.69) is 35.7 Å². The molecule has 1 unspecified atom stereocenters. The van der Waals surface area contributed by atoms with Crippen molar-refractivity contribution in [3.8, 4) is 5.75 Å². The summed E-state index contributed by atoms with van der Waals surface area (Å²) in [5.74, 6) is 1.64. The molecule has 0 bridgehead atoms. The van der Waals surface area contributed by atoms with E-state index in [1.165, 1.54) is 0 Å². The smallest absolute Gasteiger partial charge is 0.195 e. The molecule has 6 heteroatoms. The molecule has 1 aromatic rings. The second-order valence-electron chi connectivity index (χ2n) is 5.11. The third kappa shape index (κ3) is 8.71. The molecule has 0 fully saturated rings. The molecule has 0 aliphatic heterocycles. The molecule has 0 amide bonds. The lowest BCUT2D eigenvalue weighted by atomic mass is 10.3. The van der Waals surface area contributed by atoms with Gasteiger partial charge in [0.1, 0.15) is 5.75 Å². The molecule has 1 atom stereocenters. The zero-order chi connectivity index (χ0) is 16.9. The molecule has 1 rings (SSSR count). The molecule has 0 radical (unpaired) electrons. The number of guanidine groups is 1. The highest BCUT2D eigenvalue weighted by Gasteiger charge is 2.03. The standard InChI is InChI=1S/C17H29N3O2S/c1-5-18-17(19-13-14(2)23-4)20-15-8-6-9-16(12-15)22-11-7-10-21-3/h6,8-9,12,14H,5,7,10-11,13H2,1-4H3,(H2,18,19,20). The van der Waals surface area contributed by atoms with Crippen LogP contribution in [-0.4, -0.2) is 50.9 Å². The minimum Gasteiger partial charge on any atom is -0.493 e. The van der Waals surface area contributed by atoms with E-state index in [-0.39, 0.29) is 0 Å². The van der Waals surface area contributed by atoms with Gasteiger partial charge in [0.25, 0.3) is 0 Å². The van der Waals surface area contributed by atoms with Crippen molar-refractivity contribution in [3.63, 3.8) is 0 Å². The molecule has 2 N–H and O–H groups in total. The van der Waals surface area contributed by atoms with Gasteiger partial charge in [-0.1, -0.05) is 13.0 Å². The summed E-state index contributed by atoms with van der Waals surface area (Å²) in [6.07, 6.45) is 2.98. The van der Waals surface area contributed by atoms with Crippen LogP contribution >= 0.6 is 11.8 Å². The summed E-state index contributed by atoms with van der Waals surface area (Å²) in [4.78, 5) is 4.61. The maximum Gasteiger partial charge on any atom is 0.195 e. The number of thioether (sulfide) groups is 1. The average Bonchev–Trinajstić information content (AvgIpc) is 2.57. The molecule has 0 saturated heterocycles. The van der Waals surface area contributed by atoms with Crippen LogP contribution in [0, 0.1) is 0 Å². The third-order valence-electron chi connectivity index (χ3n) is 3.11. The molecule has 0 heterocycles. The van der Waals surface area contributed by atoms with E-state index >= 15 is 0 Å². The van der Waals surface area contributed by atoms with Gasteiger partial charge in [-0.3, -0.25) is 4.99 Å². The Hall–Kier alpha value is -1.40. The van der Waals surface area contributed by atoms with Crippen LogP contribution < -0.4 is 15.4 Å². The maximum absolute atomic E-state index is 5.72. The second kappa shape index (κ2) is 12.1. The summed E-state index contributed by atoms with van der Waals surface area (Å²) in [5.41, 5.74) is 0.964. The molecule has 0 saturated carbocycles. The van der Waals surface area contributed by atoms with Crippen molar-refractivity contribution in [3.05, 3.63) is 24.3 Å². The van der Waals surface area contributed by atoms with Gasteiger partial charge < -0.3 is 20.1 Å². The quantitative estimate of drug-likeness (QED) is 0.389. The van der Waals surface area contributed by atoms with Crippen LogP contribution in [0.1, 0.15) is 20.3 Å². The molecule has 1 aromatic carbocycles. The maximum atomic E-state index is 5.72. The minimum absolute atomic E-state index is 0.501. The Bertz CT molecular complexity index is 469. The first-order valence-electron chi connectivity index (χ1n) is 7.99. The van der Waals surface area contributed by atoms with Crippen LogP contribution in [0.4, 0.5) is 5.69 Å². The summed E-state index contributed by atoms with van der Waals surface area (Å²) in [6, 6.07) is 7.92. The summed E-state index contributed by atoms with van der Waals surface area (Å²) in [5, 5.41) is 7.09. The second-order valence-corrected chi connectivity index (χ2v) is 6.39. The first kappa shape index (κ1) is 19.6. The van der Waals surface area contributed by atoms with E-state index < -0.39 is 0 Å². The molecule has 0 aromatic heterocycles. The normalized spacial score (nSPS) is 12.8. The van der Waals surface area contributed by atoms with Crippen molar-refractivity contribution in [1.82, 2.24) is 5.32 Å². The van der Waals surface area contributed by atoms with E-state index in [1.54, 1.807) is 7.11 Å². The number of nitrogens with one attached hydrogen (secondary N) is 2. The fourth-order valence-corrected chi connectivity index (χ4v) is 2.02. The fourth-order valence-electron chi connectivity index (χ4n) is 1.80. The molecule has 5 nitrogen and oxygen atoms in total. The number of benzene rings is 1. The predicted molar refractivity (Wildman–Crippen MR) is 101 cm³/mol. The van der Waals surface area contributed by atoms with Gasteiger partial charge in [-0.05, 0) is 25.3 Å². The monoisotopic (exact) mass is 339 g/mol. The molecule has 0 spiro atoms. The Morgan fingerprint density at radius 1 is 1.35 bits per heavy atom. The van der Waals surface area contributed by atoms with Crippen molar-refractivity contribution in [2.75, 3.05) is 45.0 Å². The van der Waals surface area contributed by atoms with E-state index in [1.807, 2.05) is 36.0 Å². The van der Waals surface area contributed by atoms with Crippen molar-refractivity contribution in [2.45, 2.75) is 25.5 Å². The predicted octanol–water partition coefficient (Wildman–Crippen LogP) is 3.23.